The van der Waals surface area contributed by atoms with Crippen LogP contribution in [0.3, 0.4) is 0 Å². The minimum atomic E-state index is -0.0344. The Labute approximate surface area is 105 Å². The van der Waals surface area contributed by atoms with Crippen molar-refractivity contribution in [2.45, 2.75) is 13.5 Å². The van der Waals surface area contributed by atoms with Crippen molar-refractivity contribution in [1.82, 2.24) is 0 Å². The van der Waals surface area contributed by atoms with E-state index in [4.69, 9.17) is 9.84 Å². The van der Waals surface area contributed by atoms with Gasteiger partial charge in [-0.2, -0.15) is 0 Å². The van der Waals surface area contributed by atoms with Gasteiger partial charge in [-0.15, -0.1) is 0 Å². The Balaban J connectivity index is 2.68. The molecule has 0 saturated heterocycles. The molecule has 0 unspecified atom stereocenters. The molecule has 0 heterocycles. The monoisotopic (exact) mass is 252 g/mol. The van der Waals surface area contributed by atoms with E-state index in [1.807, 2.05) is 30.4 Å². The molecule has 0 aliphatic heterocycles. The zero-order valence-corrected chi connectivity index (χ0v) is 10.8. The highest BCUT2D eigenvalue weighted by Gasteiger charge is 2.01. The van der Waals surface area contributed by atoms with Gasteiger partial charge in [0.2, 0.25) is 0 Å². The van der Waals surface area contributed by atoms with E-state index in [1.165, 1.54) is 11.8 Å². The first-order valence-corrected chi connectivity index (χ1v) is 6.23. The summed E-state index contributed by atoms with van der Waals surface area (Å²) in [6.45, 7) is 1.52. The van der Waals surface area contributed by atoms with Gasteiger partial charge in [-0.1, -0.05) is 36.0 Å². The highest BCUT2D eigenvalue weighted by Crippen LogP contribution is 2.21. The maximum absolute atomic E-state index is 10.7. The highest BCUT2D eigenvalue weighted by atomic mass is 32.2. The molecule has 0 bridgehead atoms. The van der Waals surface area contributed by atoms with Crippen LogP contribution in [0.15, 0.2) is 24.3 Å². The Hall–Kier alpha value is -1.26. The van der Waals surface area contributed by atoms with Crippen LogP contribution in [0.4, 0.5) is 0 Å². The van der Waals surface area contributed by atoms with Crippen molar-refractivity contribution in [2.24, 2.45) is 0 Å². The molecule has 1 rings (SSSR count). The standard InChI is InChI=1S/C13H16O3S/c1-10(15)17-7-3-4-11-5-6-12(9-14)13(8-11)16-2/h3-6,8,14H,7,9H2,1-2H3. The quantitative estimate of drug-likeness (QED) is 0.874. The number of ether oxygens (including phenoxy) is 1. The molecule has 17 heavy (non-hydrogen) atoms. The molecule has 0 fully saturated rings. The van der Waals surface area contributed by atoms with E-state index in [0.717, 1.165) is 11.1 Å². The lowest BCUT2D eigenvalue weighted by Gasteiger charge is -2.06. The second-order valence-corrected chi connectivity index (χ2v) is 4.63. The minimum absolute atomic E-state index is 0.0344. The molecule has 0 aliphatic rings. The summed E-state index contributed by atoms with van der Waals surface area (Å²) in [4.78, 5) is 10.7. The van der Waals surface area contributed by atoms with Gasteiger partial charge in [-0.25, -0.2) is 0 Å². The van der Waals surface area contributed by atoms with Gasteiger partial charge in [0, 0.05) is 18.2 Å². The zero-order chi connectivity index (χ0) is 12.7. The zero-order valence-electron chi connectivity index (χ0n) is 9.97. The summed E-state index contributed by atoms with van der Waals surface area (Å²) in [5.41, 5.74) is 1.76. The van der Waals surface area contributed by atoms with Gasteiger partial charge in [0.15, 0.2) is 5.12 Å². The number of rotatable bonds is 5. The number of aliphatic hydroxyl groups excluding tert-OH is 1. The fourth-order valence-electron chi connectivity index (χ4n) is 1.35. The average Bonchev–Trinajstić information content (AvgIpc) is 2.34. The van der Waals surface area contributed by atoms with Gasteiger partial charge in [-0.05, 0) is 11.6 Å². The van der Waals surface area contributed by atoms with Gasteiger partial charge in [0.05, 0.1) is 13.7 Å². The van der Waals surface area contributed by atoms with Gasteiger partial charge in [0.1, 0.15) is 5.75 Å². The average molecular weight is 252 g/mol. The van der Waals surface area contributed by atoms with E-state index in [-0.39, 0.29) is 11.7 Å². The van der Waals surface area contributed by atoms with E-state index >= 15 is 0 Å². The van der Waals surface area contributed by atoms with Crippen LogP contribution in [0.2, 0.25) is 0 Å². The van der Waals surface area contributed by atoms with Crippen molar-refractivity contribution in [3.05, 3.63) is 35.4 Å². The van der Waals surface area contributed by atoms with Crippen LogP contribution in [-0.2, 0) is 11.4 Å². The number of carbonyl (C=O) groups is 1. The first-order valence-electron chi connectivity index (χ1n) is 5.25. The number of hydrogen-bond acceptors (Lipinski definition) is 4. The van der Waals surface area contributed by atoms with Crippen LogP contribution in [0, 0.1) is 0 Å². The number of thioether (sulfide) groups is 1. The summed E-state index contributed by atoms with van der Waals surface area (Å²) < 4.78 is 5.17. The maximum Gasteiger partial charge on any atom is 0.186 e. The summed E-state index contributed by atoms with van der Waals surface area (Å²) >= 11 is 1.27. The number of carbonyl (C=O) groups excluding carboxylic acids is 1. The third kappa shape index (κ3) is 4.63. The molecule has 0 radical (unpaired) electrons. The largest absolute Gasteiger partial charge is 0.496 e. The third-order valence-electron chi connectivity index (χ3n) is 2.17. The van der Waals surface area contributed by atoms with Gasteiger partial charge < -0.3 is 9.84 Å². The highest BCUT2D eigenvalue weighted by molar-refractivity contribution is 8.13. The molecule has 0 aliphatic carbocycles. The van der Waals surface area contributed by atoms with Crippen molar-refractivity contribution in [1.29, 1.82) is 0 Å². The lowest BCUT2D eigenvalue weighted by atomic mass is 10.1. The van der Waals surface area contributed by atoms with Crippen molar-refractivity contribution in [2.75, 3.05) is 12.9 Å². The molecule has 0 spiro atoms. The first-order chi connectivity index (χ1) is 8.17. The molecule has 92 valence electrons. The second kappa shape index (κ2) is 7.14. The maximum atomic E-state index is 10.7. The normalized spacial score (nSPS) is 10.8. The molecular weight excluding hydrogens is 236 g/mol. The third-order valence-corrected chi connectivity index (χ3v) is 2.94. The van der Waals surface area contributed by atoms with Crippen LogP contribution < -0.4 is 4.74 Å². The lowest BCUT2D eigenvalue weighted by Crippen LogP contribution is -1.92. The molecule has 0 atom stereocenters. The van der Waals surface area contributed by atoms with Gasteiger partial charge in [-0.3, -0.25) is 4.79 Å². The van der Waals surface area contributed by atoms with Crippen molar-refractivity contribution in [3.63, 3.8) is 0 Å². The number of benzene rings is 1. The Kier molecular flexibility index (Phi) is 5.80. The summed E-state index contributed by atoms with van der Waals surface area (Å²) in [6.07, 6.45) is 3.86. The summed E-state index contributed by atoms with van der Waals surface area (Å²) in [5.74, 6) is 1.34. The fourth-order valence-corrected chi connectivity index (χ4v) is 1.77. The second-order valence-electron chi connectivity index (χ2n) is 3.43. The van der Waals surface area contributed by atoms with E-state index in [0.29, 0.717) is 11.5 Å². The summed E-state index contributed by atoms with van der Waals surface area (Å²) in [6, 6.07) is 5.60. The minimum Gasteiger partial charge on any atom is -0.496 e. The number of methoxy groups -OCH3 is 1. The molecule has 0 saturated carbocycles. The molecule has 3 nitrogen and oxygen atoms in total. The lowest BCUT2D eigenvalue weighted by molar-refractivity contribution is -0.109. The topological polar surface area (TPSA) is 46.5 Å². The van der Waals surface area contributed by atoms with Crippen LogP contribution >= 0.6 is 11.8 Å². The molecule has 1 aromatic rings. The van der Waals surface area contributed by atoms with Crippen LogP contribution in [-0.4, -0.2) is 23.1 Å². The van der Waals surface area contributed by atoms with Crippen LogP contribution in [0.25, 0.3) is 6.08 Å². The summed E-state index contributed by atoms with van der Waals surface area (Å²) in [7, 11) is 1.58. The summed E-state index contributed by atoms with van der Waals surface area (Å²) in [5, 5.41) is 9.19. The Morgan fingerprint density at radius 3 is 2.88 bits per heavy atom. The van der Waals surface area contributed by atoms with Crippen molar-refractivity contribution < 1.29 is 14.6 Å². The Morgan fingerprint density at radius 1 is 1.53 bits per heavy atom. The predicted octanol–water partition coefficient (Wildman–Crippen LogP) is 2.48. The van der Waals surface area contributed by atoms with Crippen LogP contribution in [0.5, 0.6) is 5.75 Å². The molecular formula is C13H16O3S. The molecule has 1 aromatic carbocycles. The first kappa shape index (κ1) is 13.8. The Morgan fingerprint density at radius 2 is 2.29 bits per heavy atom. The van der Waals surface area contributed by atoms with E-state index in [1.54, 1.807) is 14.0 Å². The van der Waals surface area contributed by atoms with E-state index in [2.05, 4.69) is 0 Å². The predicted molar refractivity (Wildman–Crippen MR) is 71.1 cm³/mol. The fraction of sp³-hybridized carbons (Fsp3) is 0.308. The smallest absolute Gasteiger partial charge is 0.186 e. The number of aliphatic hydroxyl groups is 1. The molecule has 0 aromatic heterocycles. The van der Waals surface area contributed by atoms with E-state index in [9.17, 15) is 4.79 Å². The molecule has 4 heteroatoms. The van der Waals surface area contributed by atoms with Crippen LogP contribution in [0.1, 0.15) is 18.1 Å². The van der Waals surface area contributed by atoms with Crippen molar-refractivity contribution >= 4 is 23.0 Å². The van der Waals surface area contributed by atoms with E-state index < -0.39 is 0 Å². The van der Waals surface area contributed by atoms with Gasteiger partial charge in [0.25, 0.3) is 0 Å². The Bertz CT molecular complexity index is 413. The SMILES string of the molecule is COc1cc(C=CCSC(C)=O)ccc1CO. The van der Waals surface area contributed by atoms with Gasteiger partial charge >= 0.3 is 0 Å². The number of hydrogen-bond donors (Lipinski definition) is 1. The molecule has 1 N–H and O–H groups in total. The van der Waals surface area contributed by atoms with Crippen molar-refractivity contribution in [3.8, 4) is 5.75 Å². The molecule has 0 amide bonds.